The molecular formula is C26H26N4O3S3. The predicted molar refractivity (Wildman–Crippen MR) is 146 cm³/mol. The van der Waals surface area contributed by atoms with Crippen LogP contribution in [0.15, 0.2) is 82.0 Å². The number of thioether (sulfide) groups is 1. The number of amides is 1. The summed E-state index contributed by atoms with van der Waals surface area (Å²) in [6.07, 6.45) is 0. The predicted octanol–water partition coefficient (Wildman–Crippen LogP) is 5.59. The number of rotatable bonds is 9. The molecule has 10 heteroatoms. The van der Waals surface area contributed by atoms with Crippen LogP contribution in [-0.4, -0.2) is 31.1 Å². The Hall–Kier alpha value is -3.21. The van der Waals surface area contributed by atoms with E-state index in [2.05, 4.69) is 15.5 Å². The number of sulfonamides is 1. The number of hydrogen-bond donors (Lipinski definition) is 1. The van der Waals surface area contributed by atoms with Crippen molar-refractivity contribution in [3.8, 4) is 0 Å². The first-order chi connectivity index (χ1) is 17.2. The van der Waals surface area contributed by atoms with Crippen LogP contribution in [0, 0.1) is 20.8 Å². The second-order valence-corrected chi connectivity index (χ2v) is 12.4. The summed E-state index contributed by atoms with van der Waals surface area (Å²) in [4.78, 5) is 13.1. The van der Waals surface area contributed by atoms with Gasteiger partial charge in [0.2, 0.25) is 11.0 Å². The monoisotopic (exact) mass is 538 g/mol. The molecule has 3 aromatic carbocycles. The molecule has 0 fully saturated rings. The van der Waals surface area contributed by atoms with Crippen LogP contribution >= 0.6 is 23.1 Å². The van der Waals surface area contributed by atoms with Crippen molar-refractivity contribution in [2.45, 2.75) is 35.8 Å². The van der Waals surface area contributed by atoms with E-state index < -0.39 is 22.5 Å². The van der Waals surface area contributed by atoms with E-state index in [1.807, 2.05) is 63.2 Å². The molecule has 7 nitrogen and oxygen atoms in total. The molecule has 1 N–H and O–H groups in total. The van der Waals surface area contributed by atoms with Gasteiger partial charge in [-0.1, -0.05) is 88.8 Å². The second-order valence-electron chi connectivity index (χ2n) is 8.31. The number of carbonyl (C=O) groups excluding carboxylic acids is 1. The maximum absolute atomic E-state index is 13.6. The Labute approximate surface area is 219 Å². The molecule has 186 valence electrons. The zero-order valence-corrected chi connectivity index (χ0v) is 22.6. The minimum atomic E-state index is -3.99. The minimum Gasteiger partial charge on any atom is -0.299 e. The van der Waals surface area contributed by atoms with Gasteiger partial charge in [0.1, 0.15) is 6.54 Å². The topological polar surface area (TPSA) is 92.3 Å². The summed E-state index contributed by atoms with van der Waals surface area (Å²) in [5, 5.41) is 11.2. The minimum absolute atomic E-state index is 0.122. The first-order valence-corrected chi connectivity index (χ1v) is 14.4. The van der Waals surface area contributed by atoms with E-state index in [1.54, 1.807) is 30.3 Å². The molecule has 0 saturated carbocycles. The van der Waals surface area contributed by atoms with Crippen molar-refractivity contribution in [2.75, 3.05) is 16.2 Å². The van der Waals surface area contributed by atoms with Gasteiger partial charge in [-0.05, 0) is 50.1 Å². The van der Waals surface area contributed by atoms with E-state index in [9.17, 15) is 13.2 Å². The van der Waals surface area contributed by atoms with E-state index >= 15 is 0 Å². The molecule has 4 rings (SSSR count). The first kappa shape index (κ1) is 25.9. The highest BCUT2D eigenvalue weighted by Gasteiger charge is 2.28. The normalized spacial score (nSPS) is 11.3. The Balaban J connectivity index is 1.53. The van der Waals surface area contributed by atoms with Crippen molar-refractivity contribution in [1.29, 1.82) is 0 Å². The highest BCUT2D eigenvalue weighted by Crippen LogP contribution is 2.30. The summed E-state index contributed by atoms with van der Waals surface area (Å²) in [6, 6.07) is 22.0. The summed E-state index contributed by atoms with van der Waals surface area (Å²) in [6.45, 7) is 5.26. The van der Waals surface area contributed by atoms with Gasteiger partial charge in [0, 0.05) is 5.75 Å². The highest BCUT2D eigenvalue weighted by atomic mass is 32.2. The summed E-state index contributed by atoms with van der Waals surface area (Å²) in [5.41, 5.74) is 4.32. The van der Waals surface area contributed by atoms with E-state index in [1.165, 1.54) is 23.1 Å². The fourth-order valence-electron chi connectivity index (χ4n) is 3.55. The summed E-state index contributed by atoms with van der Waals surface area (Å²) in [7, 11) is -3.99. The number of aryl methyl sites for hydroxylation is 3. The number of nitrogens with one attached hydrogen (secondary N) is 1. The number of nitrogens with zero attached hydrogens (tertiary/aromatic N) is 3. The lowest BCUT2D eigenvalue weighted by Gasteiger charge is -2.25. The first-order valence-electron chi connectivity index (χ1n) is 11.2. The average molecular weight is 539 g/mol. The van der Waals surface area contributed by atoms with Crippen molar-refractivity contribution in [2.24, 2.45) is 0 Å². The molecule has 36 heavy (non-hydrogen) atoms. The van der Waals surface area contributed by atoms with Crippen LogP contribution in [0.25, 0.3) is 0 Å². The van der Waals surface area contributed by atoms with Crippen molar-refractivity contribution in [1.82, 2.24) is 10.2 Å². The zero-order chi connectivity index (χ0) is 25.7. The number of hydrogen-bond acceptors (Lipinski definition) is 7. The fraction of sp³-hybridized carbons (Fsp3) is 0.192. The molecule has 1 aromatic heterocycles. The Kier molecular flexibility index (Phi) is 8.07. The quantitative estimate of drug-likeness (QED) is 0.221. The molecule has 1 amide bonds. The van der Waals surface area contributed by atoms with Crippen LogP contribution in [0.5, 0.6) is 0 Å². The number of aromatic nitrogens is 2. The van der Waals surface area contributed by atoms with Gasteiger partial charge in [0.25, 0.3) is 10.0 Å². The van der Waals surface area contributed by atoms with Crippen LogP contribution in [0.3, 0.4) is 0 Å². The Bertz CT molecular complexity index is 1450. The van der Waals surface area contributed by atoms with Gasteiger partial charge in [-0.2, -0.15) is 0 Å². The molecule has 0 radical (unpaired) electrons. The molecule has 0 aliphatic carbocycles. The van der Waals surface area contributed by atoms with Crippen LogP contribution in [0.2, 0.25) is 0 Å². The van der Waals surface area contributed by atoms with Gasteiger partial charge in [0.15, 0.2) is 4.34 Å². The van der Waals surface area contributed by atoms with Crippen LogP contribution in [0.1, 0.15) is 22.3 Å². The van der Waals surface area contributed by atoms with Crippen LogP contribution in [0.4, 0.5) is 10.8 Å². The molecule has 0 unspecified atom stereocenters. The summed E-state index contributed by atoms with van der Waals surface area (Å²) >= 11 is 2.78. The molecule has 4 aromatic rings. The Morgan fingerprint density at radius 2 is 1.64 bits per heavy atom. The third-order valence-electron chi connectivity index (χ3n) is 5.38. The van der Waals surface area contributed by atoms with E-state index in [4.69, 9.17) is 0 Å². The second kappa shape index (κ2) is 11.2. The van der Waals surface area contributed by atoms with Gasteiger partial charge in [-0.3, -0.25) is 14.4 Å². The number of anilines is 2. The molecule has 0 bridgehead atoms. The average Bonchev–Trinajstić information content (AvgIpc) is 3.29. The van der Waals surface area contributed by atoms with Gasteiger partial charge < -0.3 is 0 Å². The van der Waals surface area contributed by atoms with E-state index in [0.29, 0.717) is 15.2 Å². The third-order valence-corrected chi connectivity index (χ3v) is 9.19. The molecule has 0 saturated heterocycles. The van der Waals surface area contributed by atoms with E-state index in [-0.39, 0.29) is 4.90 Å². The third kappa shape index (κ3) is 6.31. The lowest BCUT2D eigenvalue weighted by Crippen LogP contribution is -2.38. The van der Waals surface area contributed by atoms with Crippen LogP contribution < -0.4 is 9.62 Å². The smallest absolute Gasteiger partial charge is 0.264 e. The Morgan fingerprint density at radius 1 is 0.944 bits per heavy atom. The van der Waals surface area contributed by atoms with Crippen LogP contribution in [-0.2, 0) is 20.6 Å². The van der Waals surface area contributed by atoms with Crippen molar-refractivity contribution >= 4 is 49.8 Å². The number of benzene rings is 3. The largest absolute Gasteiger partial charge is 0.299 e. The standard InChI is InChI=1S/C26H26N4O3S3/c1-18-9-12-22(13-10-18)36(32,33)30(23-14-11-19(2)15-20(23)3)16-24(31)27-25-28-29-26(35-25)34-17-21-7-5-4-6-8-21/h4-15H,16-17H2,1-3H3,(H,27,28,31). The lowest BCUT2D eigenvalue weighted by molar-refractivity contribution is -0.114. The SMILES string of the molecule is Cc1ccc(S(=O)(=O)N(CC(=O)Nc2nnc(SCc3ccccc3)s2)c2ccc(C)cc2C)cc1. The lowest BCUT2D eigenvalue weighted by atomic mass is 10.1. The molecule has 0 aliphatic rings. The van der Waals surface area contributed by atoms with Gasteiger partial charge in [0.05, 0.1) is 10.6 Å². The molecule has 0 spiro atoms. The van der Waals surface area contributed by atoms with Crippen molar-refractivity contribution < 1.29 is 13.2 Å². The van der Waals surface area contributed by atoms with Crippen molar-refractivity contribution in [3.05, 3.63) is 95.1 Å². The highest BCUT2D eigenvalue weighted by molar-refractivity contribution is 8.00. The molecule has 0 aliphatic heterocycles. The Morgan fingerprint density at radius 3 is 2.33 bits per heavy atom. The number of carbonyl (C=O) groups is 1. The van der Waals surface area contributed by atoms with Gasteiger partial charge in [-0.15, -0.1) is 10.2 Å². The molecule has 0 atom stereocenters. The maximum Gasteiger partial charge on any atom is 0.264 e. The van der Waals surface area contributed by atoms with Gasteiger partial charge >= 0.3 is 0 Å². The summed E-state index contributed by atoms with van der Waals surface area (Å²) < 4.78 is 29.1. The van der Waals surface area contributed by atoms with Crippen molar-refractivity contribution in [3.63, 3.8) is 0 Å². The maximum atomic E-state index is 13.6. The summed E-state index contributed by atoms with van der Waals surface area (Å²) in [5.74, 6) is 0.236. The zero-order valence-electron chi connectivity index (χ0n) is 20.1. The fourth-order valence-corrected chi connectivity index (χ4v) is 6.76. The van der Waals surface area contributed by atoms with Gasteiger partial charge in [-0.25, -0.2) is 8.42 Å². The molecular weight excluding hydrogens is 513 g/mol. The molecule has 1 heterocycles. The van der Waals surface area contributed by atoms with E-state index in [0.717, 1.165) is 32.3 Å².